The molecule has 4 rings (SSSR count). The van der Waals surface area contributed by atoms with E-state index in [1.165, 1.54) is 6.20 Å². The number of carbonyl (C=O) groups excluding carboxylic acids is 2. The van der Waals surface area contributed by atoms with Crippen LogP contribution in [0.1, 0.15) is 39.5 Å². The Kier molecular flexibility index (Phi) is 6.82. The van der Waals surface area contributed by atoms with Crippen LogP contribution in [0.4, 0.5) is 5.69 Å². The molecule has 0 unspecified atom stereocenters. The molecule has 4 aromatic rings. The number of nitrogens with zero attached hydrogens (tertiary/aromatic N) is 1. The molecule has 1 aromatic heterocycles. The van der Waals surface area contributed by atoms with Crippen LogP contribution in [0.25, 0.3) is 10.9 Å². The minimum atomic E-state index is -0.391. The van der Waals surface area contributed by atoms with Crippen molar-refractivity contribution in [2.24, 2.45) is 0 Å². The van der Waals surface area contributed by atoms with Crippen LogP contribution in [0.3, 0.4) is 0 Å². The van der Waals surface area contributed by atoms with Crippen molar-refractivity contribution >= 4 is 28.3 Å². The van der Waals surface area contributed by atoms with Crippen LogP contribution in [0, 0.1) is 20.8 Å². The number of ketones is 1. The number of aromatic nitrogens is 1. The molecule has 178 valence electrons. The zero-order chi connectivity index (χ0) is 25.1. The lowest BCUT2D eigenvalue weighted by atomic mass is 10.0. The number of ether oxygens (including phenoxy) is 1. The Hall–Kier alpha value is -4.19. The average molecular weight is 469 g/mol. The number of hydrogen-bond donors (Lipinski definition) is 1. The normalized spacial score (nSPS) is 10.9. The third-order valence-corrected chi connectivity index (χ3v) is 6.03. The smallest absolute Gasteiger partial charge is 0.244 e. The van der Waals surface area contributed by atoms with Crippen molar-refractivity contribution in [3.8, 4) is 5.75 Å². The van der Waals surface area contributed by atoms with Gasteiger partial charge in [-0.15, -0.1) is 0 Å². The molecule has 1 N–H and O–H groups in total. The van der Waals surface area contributed by atoms with Gasteiger partial charge in [0, 0.05) is 17.4 Å². The fraction of sp³-hybridized carbons (Fsp3) is 0.207. The molecule has 0 atom stereocenters. The Labute approximate surface area is 204 Å². The standard InChI is InChI=1S/C29H28N2O4/c1-5-35-23-12-13-26-24(15-23)29(34)25(28(33)21-9-6-18(2)7-10-21)16-31(26)17-27(32)30-22-11-8-19(3)20(4)14-22/h6-16H,5,17H2,1-4H3,(H,30,32). The minimum absolute atomic E-state index is 0.00832. The molecule has 0 spiro atoms. The predicted molar refractivity (Wildman–Crippen MR) is 139 cm³/mol. The van der Waals surface area contributed by atoms with Crippen molar-refractivity contribution in [2.45, 2.75) is 34.2 Å². The van der Waals surface area contributed by atoms with Crippen molar-refractivity contribution in [3.05, 3.63) is 105 Å². The van der Waals surface area contributed by atoms with E-state index in [1.54, 1.807) is 34.9 Å². The van der Waals surface area contributed by atoms with E-state index in [9.17, 15) is 14.4 Å². The van der Waals surface area contributed by atoms with Gasteiger partial charge in [0.1, 0.15) is 12.3 Å². The van der Waals surface area contributed by atoms with Gasteiger partial charge >= 0.3 is 0 Å². The van der Waals surface area contributed by atoms with Crippen molar-refractivity contribution in [2.75, 3.05) is 11.9 Å². The largest absolute Gasteiger partial charge is 0.494 e. The number of fused-ring (bicyclic) bond motifs is 1. The van der Waals surface area contributed by atoms with Crippen molar-refractivity contribution in [1.29, 1.82) is 0 Å². The van der Waals surface area contributed by atoms with Gasteiger partial charge in [-0.2, -0.15) is 0 Å². The van der Waals surface area contributed by atoms with Crippen LogP contribution >= 0.6 is 0 Å². The van der Waals surface area contributed by atoms with Crippen LogP contribution in [0.2, 0.25) is 0 Å². The first-order chi connectivity index (χ1) is 16.8. The van der Waals surface area contributed by atoms with E-state index in [2.05, 4.69) is 5.32 Å². The second kappa shape index (κ2) is 9.97. The van der Waals surface area contributed by atoms with Gasteiger partial charge in [0.25, 0.3) is 0 Å². The van der Waals surface area contributed by atoms with Gasteiger partial charge in [-0.05, 0) is 69.2 Å². The van der Waals surface area contributed by atoms with Gasteiger partial charge in [-0.25, -0.2) is 0 Å². The summed E-state index contributed by atoms with van der Waals surface area (Å²) in [6.07, 6.45) is 1.48. The molecule has 0 aliphatic heterocycles. The summed E-state index contributed by atoms with van der Waals surface area (Å²) in [5, 5.41) is 3.24. The van der Waals surface area contributed by atoms with Gasteiger partial charge in [0.05, 0.1) is 23.1 Å². The first-order valence-corrected chi connectivity index (χ1v) is 11.5. The Morgan fingerprint density at radius 2 is 1.66 bits per heavy atom. The highest BCUT2D eigenvalue weighted by Gasteiger charge is 2.19. The first-order valence-electron chi connectivity index (χ1n) is 11.5. The zero-order valence-electron chi connectivity index (χ0n) is 20.3. The summed E-state index contributed by atoms with van der Waals surface area (Å²) >= 11 is 0. The van der Waals surface area contributed by atoms with E-state index in [0.717, 1.165) is 16.7 Å². The van der Waals surface area contributed by atoms with E-state index in [1.807, 2.05) is 58.0 Å². The molecule has 6 heteroatoms. The highest BCUT2D eigenvalue weighted by molar-refractivity contribution is 6.10. The minimum Gasteiger partial charge on any atom is -0.494 e. The summed E-state index contributed by atoms with van der Waals surface area (Å²) < 4.78 is 7.22. The highest BCUT2D eigenvalue weighted by Crippen LogP contribution is 2.21. The van der Waals surface area contributed by atoms with Gasteiger partial charge in [0.2, 0.25) is 11.3 Å². The third-order valence-electron chi connectivity index (χ3n) is 6.03. The van der Waals surface area contributed by atoms with E-state index < -0.39 is 5.43 Å². The van der Waals surface area contributed by atoms with E-state index in [4.69, 9.17) is 4.74 Å². The van der Waals surface area contributed by atoms with E-state index in [-0.39, 0.29) is 23.8 Å². The number of rotatable bonds is 7. The topological polar surface area (TPSA) is 77.4 Å². The monoisotopic (exact) mass is 468 g/mol. The van der Waals surface area contributed by atoms with E-state index in [0.29, 0.717) is 34.5 Å². The van der Waals surface area contributed by atoms with Crippen molar-refractivity contribution in [3.63, 3.8) is 0 Å². The SMILES string of the molecule is CCOc1ccc2c(c1)c(=O)c(C(=O)c1ccc(C)cc1)cn2CC(=O)Nc1ccc(C)c(C)c1. The van der Waals surface area contributed by atoms with Crippen LogP contribution in [0.5, 0.6) is 5.75 Å². The highest BCUT2D eigenvalue weighted by atomic mass is 16.5. The Morgan fingerprint density at radius 1 is 0.914 bits per heavy atom. The molecule has 3 aromatic carbocycles. The molecule has 6 nitrogen and oxygen atoms in total. The fourth-order valence-corrected chi connectivity index (χ4v) is 3.96. The van der Waals surface area contributed by atoms with Gasteiger partial charge < -0.3 is 14.6 Å². The maximum absolute atomic E-state index is 13.4. The molecule has 0 aliphatic rings. The molecule has 1 heterocycles. The molecule has 0 aliphatic carbocycles. The number of anilines is 1. The molecule has 1 amide bonds. The summed E-state index contributed by atoms with van der Waals surface area (Å²) in [6.45, 7) is 8.17. The Morgan fingerprint density at radius 3 is 2.34 bits per heavy atom. The van der Waals surface area contributed by atoms with Crippen molar-refractivity contribution in [1.82, 2.24) is 4.57 Å². The van der Waals surface area contributed by atoms with Crippen LogP contribution in [-0.2, 0) is 11.3 Å². The van der Waals surface area contributed by atoms with Crippen LogP contribution in [-0.4, -0.2) is 22.9 Å². The fourth-order valence-electron chi connectivity index (χ4n) is 3.96. The lowest BCUT2D eigenvalue weighted by molar-refractivity contribution is -0.116. The summed E-state index contributed by atoms with van der Waals surface area (Å²) in [5.41, 5.74) is 4.50. The predicted octanol–water partition coefficient (Wildman–Crippen LogP) is 5.20. The lowest BCUT2D eigenvalue weighted by Gasteiger charge is -2.15. The molecule has 0 saturated carbocycles. The van der Waals surface area contributed by atoms with Gasteiger partial charge in [-0.3, -0.25) is 14.4 Å². The summed E-state index contributed by atoms with van der Waals surface area (Å²) in [4.78, 5) is 39.6. The van der Waals surface area contributed by atoms with Crippen LogP contribution < -0.4 is 15.5 Å². The Bertz CT molecular complexity index is 1480. The maximum Gasteiger partial charge on any atom is 0.244 e. The molecule has 0 saturated heterocycles. The first kappa shape index (κ1) is 24.0. The quantitative estimate of drug-likeness (QED) is 0.379. The summed E-state index contributed by atoms with van der Waals surface area (Å²) in [5.74, 6) is -0.119. The summed E-state index contributed by atoms with van der Waals surface area (Å²) in [6, 6.07) is 17.9. The Balaban J connectivity index is 1.77. The molecule has 35 heavy (non-hydrogen) atoms. The van der Waals surface area contributed by atoms with E-state index >= 15 is 0 Å². The number of aryl methyl sites for hydroxylation is 3. The molecule has 0 fully saturated rings. The number of benzene rings is 3. The molecule has 0 radical (unpaired) electrons. The number of carbonyl (C=O) groups is 2. The second-order valence-corrected chi connectivity index (χ2v) is 8.65. The van der Waals surface area contributed by atoms with Crippen molar-refractivity contribution < 1.29 is 14.3 Å². The molecule has 0 bridgehead atoms. The number of pyridine rings is 1. The second-order valence-electron chi connectivity index (χ2n) is 8.65. The van der Waals surface area contributed by atoms with Gasteiger partial charge in [-0.1, -0.05) is 35.9 Å². The number of hydrogen-bond acceptors (Lipinski definition) is 4. The number of nitrogens with one attached hydrogen (secondary N) is 1. The lowest BCUT2D eigenvalue weighted by Crippen LogP contribution is -2.24. The average Bonchev–Trinajstić information content (AvgIpc) is 2.83. The number of amides is 1. The summed E-state index contributed by atoms with van der Waals surface area (Å²) in [7, 11) is 0. The maximum atomic E-state index is 13.4. The third kappa shape index (κ3) is 5.17. The molecular formula is C29H28N2O4. The van der Waals surface area contributed by atoms with Crippen LogP contribution in [0.15, 0.2) is 71.7 Å². The molecular weight excluding hydrogens is 440 g/mol. The zero-order valence-corrected chi connectivity index (χ0v) is 20.3. The van der Waals surface area contributed by atoms with Gasteiger partial charge in [0.15, 0.2) is 5.78 Å².